The molecule has 4 nitrogen and oxygen atoms in total. The zero-order valence-corrected chi connectivity index (χ0v) is 13.5. The first-order chi connectivity index (χ1) is 10.9. The molecule has 2 saturated heterocycles. The van der Waals surface area contributed by atoms with E-state index >= 15 is 0 Å². The molecule has 2 aliphatic rings. The number of benzene rings is 1. The normalized spacial score (nSPS) is 21.8. The molecule has 0 spiro atoms. The van der Waals surface area contributed by atoms with Crippen LogP contribution in [0.3, 0.4) is 0 Å². The van der Waals surface area contributed by atoms with E-state index in [1.807, 2.05) is 30.3 Å². The number of rotatable bonds is 6. The average molecular weight is 303 g/mol. The lowest BCUT2D eigenvalue weighted by molar-refractivity contribution is 0.1000. The van der Waals surface area contributed by atoms with E-state index in [1.54, 1.807) is 0 Å². The second-order valence-electron chi connectivity index (χ2n) is 6.50. The van der Waals surface area contributed by atoms with Crippen LogP contribution in [0.25, 0.3) is 0 Å². The van der Waals surface area contributed by atoms with Crippen LogP contribution in [-0.2, 0) is 0 Å². The van der Waals surface area contributed by atoms with E-state index in [9.17, 15) is 0 Å². The summed E-state index contributed by atoms with van der Waals surface area (Å²) < 4.78 is 5.79. The molecular weight excluding hydrogens is 274 g/mol. The topological polar surface area (TPSA) is 27.7 Å². The van der Waals surface area contributed by atoms with Gasteiger partial charge in [-0.2, -0.15) is 0 Å². The van der Waals surface area contributed by atoms with Gasteiger partial charge in [-0.25, -0.2) is 0 Å². The van der Waals surface area contributed by atoms with Gasteiger partial charge in [0, 0.05) is 39.3 Å². The van der Waals surface area contributed by atoms with Crippen molar-refractivity contribution < 1.29 is 4.74 Å². The third kappa shape index (κ3) is 4.97. The number of para-hydroxylation sites is 1. The summed E-state index contributed by atoms with van der Waals surface area (Å²) in [4.78, 5) is 5.19. The monoisotopic (exact) mass is 303 g/mol. The summed E-state index contributed by atoms with van der Waals surface area (Å²) in [5.41, 5.74) is 0. The average Bonchev–Trinajstić information content (AvgIpc) is 2.58. The van der Waals surface area contributed by atoms with Crippen molar-refractivity contribution in [2.45, 2.75) is 12.8 Å². The van der Waals surface area contributed by atoms with Gasteiger partial charge in [-0.1, -0.05) is 18.2 Å². The van der Waals surface area contributed by atoms with Gasteiger partial charge in [0.25, 0.3) is 0 Å². The van der Waals surface area contributed by atoms with Gasteiger partial charge < -0.3 is 15.0 Å². The highest BCUT2D eigenvalue weighted by Crippen LogP contribution is 2.15. The summed E-state index contributed by atoms with van der Waals surface area (Å²) in [5, 5.41) is 3.46. The Morgan fingerprint density at radius 2 is 1.64 bits per heavy atom. The molecule has 22 heavy (non-hydrogen) atoms. The summed E-state index contributed by atoms with van der Waals surface area (Å²) >= 11 is 0. The molecule has 1 N–H and O–H groups in total. The van der Waals surface area contributed by atoms with Crippen LogP contribution in [0.15, 0.2) is 30.3 Å². The summed E-state index contributed by atoms with van der Waals surface area (Å²) in [6, 6.07) is 10.1. The number of nitrogens with zero attached hydrogens (tertiary/aromatic N) is 2. The second-order valence-corrected chi connectivity index (χ2v) is 6.50. The lowest BCUT2D eigenvalue weighted by Gasteiger charge is -2.37. The second kappa shape index (κ2) is 8.51. The molecule has 0 unspecified atom stereocenters. The molecule has 2 heterocycles. The van der Waals surface area contributed by atoms with Crippen LogP contribution in [0.2, 0.25) is 0 Å². The molecule has 1 aromatic carbocycles. The maximum atomic E-state index is 5.79. The van der Waals surface area contributed by atoms with Gasteiger partial charge >= 0.3 is 0 Å². The van der Waals surface area contributed by atoms with E-state index in [0.29, 0.717) is 0 Å². The quantitative estimate of drug-likeness (QED) is 0.865. The number of nitrogens with one attached hydrogen (secondary N) is 1. The highest BCUT2D eigenvalue weighted by atomic mass is 16.5. The van der Waals surface area contributed by atoms with Crippen molar-refractivity contribution >= 4 is 0 Å². The fourth-order valence-electron chi connectivity index (χ4n) is 3.43. The molecule has 0 saturated carbocycles. The van der Waals surface area contributed by atoms with E-state index < -0.39 is 0 Å². The smallest absolute Gasteiger partial charge is 0.119 e. The minimum absolute atomic E-state index is 0.790. The molecule has 2 fully saturated rings. The van der Waals surface area contributed by atoms with Crippen LogP contribution in [-0.4, -0.2) is 68.8 Å². The molecule has 0 radical (unpaired) electrons. The maximum absolute atomic E-state index is 5.79. The highest BCUT2D eigenvalue weighted by Gasteiger charge is 2.21. The van der Waals surface area contributed by atoms with Crippen LogP contribution in [0.5, 0.6) is 5.75 Å². The molecule has 4 heteroatoms. The van der Waals surface area contributed by atoms with Crippen LogP contribution in [0.4, 0.5) is 0 Å². The highest BCUT2D eigenvalue weighted by molar-refractivity contribution is 5.20. The summed E-state index contributed by atoms with van der Waals surface area (Å²) in [6.45, 7) is 10.4. The Bertz CT molecular complexity index is 412. The molecule has 3 rings (SSSR count). The van der Waals surface area contributed by atoms with Crippen LogP contribution in [0, 0.1) is 5.92 Å². The van der Waals surface area contributed by atoms with Gasteiger partial charge in [0.1, 0.15) is 12.4 Å². The Balaban J connectivity index is 1.30. The fourth-order valence-corrected chi connectivity index (χ4v) is 3.43. The molecular formula is C18H29N3O. The predicted molar refractivity (Wildman–Crippen MR) is 90.4 cm³/mol. The lowest BCUT2D eigenvalue weighted by Crippen LogP contribution is -2.49. The Hall–Kier alpha value is -1.10. The Morgan fingerprint density at radius 1 is 0.955 bits per heavy atom. The summed E-state index contributed by atoms with van der Waals surface area (Å²) in [7, 11) is 0. The predicted octanol–water partition coefficient (Wildman–Crippen LogP) is 1.68. The van der Waals surface area contributed by atoms with Gasteiger partial charge in [-0.15, -0.1) is 0 Å². The van der Waals surface area contributed by atoms with E-state index in [2.05, 4.69) is 15.1 Å². The maximum Gasteiger partial charge on any atom is 0.119 e. The number of hydrogen-bond donors (Lipinski definition) is 1. The third-order valence-corrected chi connectivity index (χ3v) is 4.86. The zero-order valence-electron chi connectivity index (χ0n) is 13.5. The SMILES string of the molecule is c1ccc(OCCN2CCN(CC3CCNCC3)CC2)cc1. The molecule has 0 aliphatic carbocycles. The number of piperazine rings is 1. The van der Waals surface area contributed by atoms with E-state index in [1.165, 1.54) is 58.7 Å². The molecule has 0 bridgehead atoms. The number of hydrogen-bond acceptors (Lipinski definition) is 4. The van der Waals surface area contributed by atoms with Gasteiger partial charge in [-0.3, -0.25) is 4.90 Å². The fraction of sp³-hybridized carbons (Fsp3) is 0.667. The zero-order chi connectivity index (χ0) is 15.0. The molecule has 0 amide bonds. The lowest BCUT2D eigenvalue weighted by atomic mass is 9.97. The van der Waals surface area contributed by atoms with E-state index in [-0.39, 0.29) is 0 Å². The Kier molecular flexibility index (Phi) is 6.11. The molecule has 1 aromatic rings. The first-order valence-electron chi connectivity index (χ1n) is 8.73. The standard InChI is InChI=1S/C18H29N3O/c1-2-4-18(5-3-1)22-15-14-20-10-12-21(13-11-20)16-17-6-8-19-9-7-17/h1-5,17,19H,6-16H2. The van der Waals surface area contributed by atoms with E-state index in [0.717, 1.165) is 24.8 Å². The first-order valence-corrected chi connectivity index (χ1v) is 8.73. The number of ether oxygens (including phenoxy) is 1. The molecule has 2 aliphatic heterocycles. The minimum Gasteiger partial charge on any atom is -0.492 e. The Morgan fingerprint density at radius 3 is 2.36 bits per heavy atom. The largest absolute Gasteiger partial charge is 0.492 e. The first kappa shape index (κ1) is 15.8. The van der Waals surface area contributed by atoms with Crippen molar-refractivity contribution in [3.8, 4) is 5.75 Å². The van der Waals surface area contributed by atoms with Gasteiger partial charge in [0.2, 0.25) is 0 Å². The molecule has 0 atom stereocenters. The van der Waals surface area contributed by atoms with Crippen LogP contribution < -0.4 is 10.1 Å². The van der Waals surface area contributed by atoms with Crippen molar-refractivity contribution in [2.24, 2.45) is 5.92 Å². The molecule has 0 aromatic heterocycles. The summed E-state index contributed by atoms with van der Waals surface area (Å²) in [5.74, 6) is 1.89. The van der Waals surface area contributed by atoms with Crippen LogP contribution >= 0.6 is 0 Å². The van der Waals surface area contributed by atoms with Crippen molar-refractivity contribution in [3.63, 3.8) is 0 Å². The Labute approximate surface area is 134 Å². The molecule has 122 valence electrons. The van der Waals surface area contributed by atoms with Gasteiger partial charge in [-0.05, 0) is 44.0 Å². The van der Waals surface area contributed by atoms with Gasteiger partial charge in [0.05, 0.1) is 0 Å². The van der Waals surface area contributed by atoms with Crippen molar-refractivity contribution in [1.29, 1.82) is 0 Å². The van der Waals surface area contributed by atoms with Crippen LogP contribution in [0.1, 0.15) is 12.8 Å². The summed E-state index contributed by atoms with van der Waals surface area (Å²) in [6.07, 6.45) is 2.70. The van der Waals surface area contributed by atoms with Crippen molar-refractivity contribution in [3.05, 3.63) is 30.3 Å². The van der Waals surface area contributed by atoms with Crippen molar-refractivity contribution in [2.75, 3.05) is 59.0 Å². The van der Waals surface area contributed by atoms with E-state index in [4.69, 9.17) is 4.74 Å². The number of piperidine rings is 1. The third-order valence-electron chi connectivity index (χ3n) is 4.86. The van der Waals surface area contributed by atoms with Gasteiger partial charge in [0.15, 0.2) is 0 Å². The van der Waals surface area contributed by atoms with Crippen molar-refractivity contribution in [1.82, 2.24) is 15.1 Å². The minimum atomic E-state index is 0.790.